The Morgan fingerprint density at radius 3 is 2.30 bits per heavy atom. The van der Waals surface area contributed by atoms with Crippen LogP contribution < -0.4 is 10.6 Å². The third-order valence-electron chi connectivity index (χ3n) is 4.91. The average Bonchev–Trinajstić information content (AvgIpc) is 3.09. The molecule has 8 nitrogen and oxygen atoms in total. The molecule has 0 saturated carbocycles. The van der Waals surface area contributed by atoms with Crippen molar-refractivity contribution in [2.75, 3.05) is 6.73 Å². The molecule has 0 aromatic heterocycles. The Bertz CT molecular complexity index is 728. The molecule has 4 amide bonds. The van der Waals surface area contributed by atoms with Crippen molar-refractivity contribution in [2.24, 2.45) is 0 Å². The normalized spacial score (nSPS) is 21.1. The quantitative estimate of drug-likeness (QED) is 0.411. The maximum atomic E-state index is 12.2. The van der Waals surface area contributed by atoms with Crippen LogP contribution in [0.5, 0.6) is 0 Å². The van der Waals surface area contributed by atoms with Gasteiger partial charge < -0.3 is 15.4 Å². The van der Waals surface area contributed by atoms with Crippen molar-refractivity contribution in [1.82, 2.24) is 15.5 Å². The Morgan fingerprint density at radius 1 is 1.04 bits per heavy atom. The molecule has 2 aliphatic heterocycles. The lowest BCUT2D eigenvalue weighted by atomic mass is 10.0. The Balaban J connectivity index is 1.33. The van der Waals surface area contributed by atoms with Crippen LogP contribution >= 0.6 is 0 Å². The van der Waals surface area contributed by atoms with Crippen molar-refractivity contribution in [3.63, 3.8) is 0 Å². The van der Waals surface area contributed by atoms with Gasteiger partial charge in [0.05, 0.1) is 17.2 Å². The van der Waals surface area contributed by atoms with E-state index in [1.807, 2.05) is 6.92 Å². The van der Waals surface area contributed by atoms with Gasteiger partial charge >= 0.3 is 12.0 Å². The zero-order chi connectivity index (χ0) is 19.4. The number of amides is 4. The summed E-state index contributed by atoms with van der Waals surface area (Å²) in [5.41, 5.74) is 0.669. The lowest BCUT2D eigenvalue weighted by molar-refractivity contribution is -0.146. The van der Waals surface area contributed by atoms with E-state index in [1.54, 1.807) is 24.3 Å². The summed E-state index contributed by atoms with van der Waals surface area (Å²) in [6.45, 7) is 1.60. The van der Waals surface area contributed by atoms with E-state index in [0.29, 0.717) is 17.5 Å². The fourth-order valence-electron chi connectivity index (χ4n) is 3.34. The standard InChI is InChI=1S/C19H23N3O5/c1-12-15(21-19(26)20-12)9-3-2-4-10-16(23)27-11-22-17(24)13-7-5-6-8-14(13)18(22)25/h5-8,12,15H,2-4,9-11H2,1H3,(H2,20,21,26). The second-order valence-corrected chi connectivity index (χ2v) is 6.84. The van der Waals surface area contributed by atoms with Crippen LogP contribution in [0.1, 0.15) is 59.7 Å². The molecule has 2 heterocycles. The fraction of sp³-hybridized carbons (Fsp3) is 0.474. The van der Waals surface area contributed by atoms with Gasteiger partial charge in [0, 0.05) is 12.5 Å². The predicted octanol–water partition coefficient (Wildman–Crippen LogP) is 1.80. The van der Waals surface area contributed by atoms with E-state index in [9.17, 15) is 19.2 Å². The Morgan fingerprint density at radius 2 is 1.70 bits per heavy atom. The number of rotatable bonds is 8. The van der Waals surface area contributed by atoms with Crippen molar-refractivity contribution in [1.29, 1.82) is 0 Å². The summed E-state index contributed by atoms with van der Waals surface area (Å²) in [5, 5.41) is 5.66. The van der Waals surface area contributed by atoms with Crippen LogP contribution in [0.15, 0.2) is 24.3 Å². The molecule has 2 aliphatic rings. The molecular formula is C19H23N3O5. The first-order valence-electron chi connectivity index (χ1n) is 9.15. The highest BCUT2D eigenvalue weighted by Gasteiger charge is 2.35. The van der Waals surface area contributed by atoms with Gasteiger partial charge in [-0.05, 0) is 31.9 Å². The van der Waals surface area contributed by atoms with Crippen LogP contribution in [-0.2, 0) is 9.53 Å². The second kappa shape index (κ2) is 8.20. The minimum absolute atomic E-state index is 0.113. The Hall–Kier alpha value is -2.90. The number of nitrogens with zero attached hydrogens (tertiary/aromatic N) is 1. The SMILES string of the molecule is CC1NC(=O)NC1CCCCCC(=O)OCN1C(=O)c2ccccc2C1=O. The minimum Gasteiger partial charge on any atom is -0.444 e. The first kappa shape index (κ1) is 18.9. The molecule has 1 saturated heterocycles. The van der Waals surface area contributed by atoms with Crippen LogP contribution in [-0.4, -0.2) is 47.5 Å². The Kier molecular flexibility index (Phi) is 5.73. The van der Waals surface area contributed by atoms with E-state index in [4.69, 9.17) is 4.74 Å². The predicted molar refractivity (Wildman–Crippen MR) is 95.9 cm³/mol. The minimum atomic E-state index is -0.440. The number of nitrogens with one attached hydrogen (secondary N) is 2. The molecule has 1 aromatic rings. The molecule has 2 atom stereocenters. The summed E-state index contributed by atoms with van der Waals surface area (Å²) in [6, 6.07) is 6.64. The number of imide groups is 1. The number of ether oxygens (including phenoxy) is 1. The lowest BCUT2D eigenvalue weighted by Crippen LogP contribution is -2.33. The van der Waals surface area contributed by atoms with Gasteiger partial charge in [-0.15, -0.1) is 0 Å². The van der Waals surface area contributed by atoms with Gasteiger partial charge in [-0.3, -0.25) is 14.4 Å². The number of benzene rings is 1. The van der Waals surface area contributed by atoms with Crippen molar-refractivity contribution < 1.29 is 23.9 Å². The maximum Gasteiger partial charge on any atom is 0.315 e. The molecule has 0 radical (unpaired) electrons. The molecule has 27 heavy (non-hydrogen) atoms. The lowest BCUT2D eigenvalue weighted by Gasteiger charge is -2.14. The van der Waals surface area contributed by atoms with Crippen molar-refractivity contribution in [3.05, 3.63) is 35.4 Å². The van der Waals surface area contributed by atoms with Gasteiger partial charge in [-0.25, -0.2) is 9.69 Å². The monoisotopic (exact) mass is 373 g/mol. The van der Waals surface area contributed by atoms with E-state index in [-0.39, 0.29) is 31.3 Å². The summed E-state index contributed by atoms with van der Waals surface area (Å²) >= 11 is 0. The number of carbonyl (C=O) groups is 4. The molecule has 2 unspecified atom stereocenters. The zero-order valence-electron chi connectivity index (χ0n) is 15.2. The second-order valence-electron chi connectivity index (χ2n) is 6.84. The van der Waals surface area contributed by atoms with Gasteiger partial charge in [-0.2, -0.15) is 0 Å². The molecule has 2 N–H and O–H groups in total. The molecule has 0 aliphatic carbocycles. The van der Waals surface area contributed by atoms with E-state index < -0.39 is 17.8 Å². The van der Waals surface area contributed by atoms with Crippen LogP contribution in [0.2, 0.25) is 0 Å². The largest absolute Gasteiger partial charge is 0.444 e. The zero-order valence-corrected chi connectivity index (χ0v) is 15.2. The molecular weight excluding hydrogens is 350 g/mol. The topological polar surface area (TPSA) is 105 Å². The molecule has 1 fully saturated rings. The number of hydrogen-bond acceptors (Lipinski definition) is 5. The van der Waals surface area contributed by atoms with Crippen LogP contribution in [0.4, 0.5) is 4.79 Å². The van der Waals surface area contributed by atoms with Crippen molar-refractivity contribution in [2.45, 2.75) is 51.1 Å². The highest BCUT2D eigenvalue weighted by molar-refractivity contribution is 6.21. The number of unbranched alkanes of at least 4 members (excludes halogenated alkanes) is 2. The molecule has 1 aromatic carbocycles. The van der Waals surface area contributed by atoms with Gasteiger partial charge in [0.2, 0.25) is 0 Å². The molecule has 144 valence electrons. The number of esters is 1. The highest BCUT2D eigenvalue weighted by Crippen LogP contribution is 2.22. The van der Waals surface area contributed by atoms with Gasteiger partial charge in [-0.1, -0.05) is 25.0 Å². The van der Waals surface area contributed by atoms with Gasteiger partial charge in [0.15, 0.2) is 6.73 Å². The molecule has 3 rings (SSSR count). The summed E-state index contributed by atoms with van der Waals surface area (Å²) in [7, 11) is 0. The first-order chi connectivity index (χ1) is 13.0. The number of fused-ring (bicyclic) bond motifs is 1. The first-order valence-corrected chi connectivity index (χ1v) is 9.15. The summed E-state index contributed by atoms with van der Waals surface area (Å²) in [5.74, 6) is -1.31. The van der Waals surface area contributed by atoms with E-state index in [1.165, 1.54) is 0 Å². The summed E-state index contributed by atoms with van der Waals surface area (Å²) in [4.78, 5) is 48.4. The average molecular weight is 373 g/mol. The summed E-state index contributed by atoms with van der Waals surface area (Å²) in [6.07, 6.45) is 3.46. The van der Waals surface area contributed by atoms with Crippen LogP contribution in [0.25, 0.3) is 0 Å². The number of carbonyl (C=O) groups excluding carboxylic acids is 4. The summed E-state index contributed by atoms with van der Waals surface area (Å²) < 4.78 is 5.09. The van der Waals surface area contributed by atoms with Crippen LogP contribution in [0, 0.1) is 0 Å². The van der Waals surface area contributed by atoms with Gasteiger partial charge in [0.25, 0.3) is 11.8 Å². The smallest absolute Gasteiger partial charge is 0.315 e. The third kappa shape index (κ3) is 4.27. The van der Waals surface area contributed by atoms with Crippen molar-refractivity contribution in [3.8, 4) is 0 Å². The van der Waals surface area contributed by atoms with E-state index in [2.05, 4.69) is 10.6 Å². The molecule has 0 spiro atoms. The highest BCUT2D eigenvalue weighted by atomic mass is 16.5. The van der Waals surface area contributed by atoms with E-state index in [0.717, 1.165) is 24.2 Å². The van der Waals surface area contributed by atoms with Crippen molar-refractivity contribution >= 4 is 23.8 Å². The fourth-order valence-corrected chi connectivity index (χ4v) is 3.34. The third-order valence-corrected chi connectivity index (χ3v) is 4.91. The van der Waals surface area contributed by atoms with E-state index >= 15 is 0 Å². The maximum absolute atomic E-state index is 12.2. The van der Waals surface area contributed by atoms with Gasteiger partial charge in [0.1, 0.15) is 0 Å². The molecule has 0 bridgehead atoms. The Labute approximate surface area is 157 Å². The van der Waals surface area contributed by atoms with Crippen LogP contribution in [0.3, 0.4) is 0 Å². The number of urea groups is 1. The number of hydrogen-bond donors (Lipinski definition) is 2. The molecule has 8 heteroatoms.